The molecule has 24 heavy (non-hydrogen) atoms. The van der Waals surface area contributed by atoms with Gasteiger partial charge in [0, 0.05) is 31.7 Å². The van der Waals surface area contributed by atoms with Crippen LogP contribution < -0.4 is 10.6 Å². The molecule has 3 rings (SSSR count). The van der Waals surface area contributed by atoms with E-state index in [0.717, 1.165) is 57.7 Å². The van der Waals surface area contributed by atoms with Crippen LogP contribution in [0.4, 0.5) is 19.0 Å². The zero-order valence-electron chi connectivity index (χ0n) is 13.1. The zero-order valence-corrected chi connectivity index (χ0v) is 13.1. The van der Waals surface area contributed by atoms with Gasteiger partial charge >= 0.3 is 6.18 Å². The van der Waals surface area contributed by atoms with Gasteiger partial charge in [-0.05, 0) is 25.7 Å². The molecule has 0 saturated carbocycles. The second-order valence-electron chi connectivity index (χ2n) is 6.19. The first-order valence-electron chi connectivity index (χ1n) is 8.11. The number of likely N-dealkylation sites (tertiary alicyclic amines) is 1. The summed E-state index contributed by atoms with van der Waals surface area (Å²) in [7, 11) is 0. The Kier molecular flexibility index (Phi) is 4.88. The highest BCUT2D eigenvalue weighted by Crippen LogP contribution is 2.28. The minimum Gasteiger partial charge on any atom is -0.367 e. The van der Waals surface area contributed by atoms with Crippen LogP contribution >= 0.6 is 0 Å². The molecule has 132 valence electrons. The average Bonchev–Trinajstić information content (AvgIpc) is 2.56. The van der Waals surface area contributed by atoms with Crippen molar-refractivity contribution in [2.45, 2.75) is 43.9 Å². The van der Waals surface area contributed by atoms with Gasteiger partial charge in [0.1, 0.15) is 17.8 Å². The monoisotopic (exact) mass is 343 g/mol. The highest BCUT2D eigenvalue weighted by atomic mass is 19.4. The van der Waals surface area contributed by atoms with Crippen molar-refractivity contribution in [2.75, 3.05) is 25.0 Å². The van der Waals surface area contributed by atoms with E-state index >= 15 is 0 Å². The van der Waals surface area contributed by atoms with E-state index in [0.29, 0.717) is 0 Å². The van der Waals surface area contributed by atoms with Crippen LogP contribution in [0.1, 0.15) is 31.4 Å². The molecule has 1 aromatic heterocycles. The Morgan fingerprint density at radius 1 is 1.21 bits per heavy atom. The minimum absolute atomic E-state index is 0.0453. The average molecular weight is 343 g/mol. The number of carbonyl (C=O) groups excluding carboxylic acids is 1. The first-order valence-corrected chi connectivity index (χ1v) is 8.11. The highest BCUT2D eigenvalue weighted by molar-refractivity contribution is 5.82. The maximum Gasteiger partial charge on any atom is 0.433 e. The number of nitrogens with one attached hydrogen (secondary N) is 2. The Morgan fingerprint density at radius 3 is 2.62 bits per heavy atom. The summed E-state index contributed by atoms with van der Waals surface area (Å²) in [6, 6.07) is 0.903. The molecule has 0 bridgehead atoms. The van der Waals surface area contributed by atoms with Gasteiger partial charge < -0.3 is 10.6 Å². The molecule has 2 aliphatic heterocycles. The first-order chi connectivity index (χ1) is 11.4. The molecule has 1 unspecified atom stereocenters. The maximum atomic E-state index is 12.7. The molecule has 2 aliphatic rings. The third-order valence-electron chi connectivity index (χ3n) is 4.54. The number of amides is 1. The predicted octanol–water partition coefficient (Wildman–Crippen LogP) is 1.65. The lowest BCUT2D eigenvalue weighted by atomic mass is 9.99. The molecule has 0 spiro atoms. The van der Waals surface area contributed by atoms with Gasteiger partial charge in [0.25, 0.3) is 0 Å². The van der Waals surface area contributed by atoms with Crippen LogP contribution in [0, 0.1) is 0 Å². The summed E-state index contributed by atoms with van der Waals surface area (Å²) in [6.45, 7) is 2.22. The normalized spacial score (nSPS) is 23.8. The van der Waals surface area contributed by atoms with Gasteiger partial charge in [0.15, 0.2) is 0 Å². The number of aromatic nitrogens is 2. The topological polar surface area (TPSA) is 70.2 Å². The summed E-state index contributed by atoms with van der Waals surface area (Å²) in [5, 5.41) is 5.93. The fourth-order valence-corrected chi connectivity index (χ4v) is 3.26. The molecule has 9 heteroatoms. The fourth-order valence-electron chi connectivity index (χ4n) is 3.26. The number of piperidine rings is 2. The Bertz CT molecular complexity index is 587. The standard InChI is InChI=1S/C15H20F3N5O/c16-15(17,18)12-8-13(21-9-20-12)22-10-3-6-23(7-4-10)11-2-1-5-19-14(11)24/h8-11H,1-7H2,(H,19,24)(H,20,21,22). The van der Waals surface area contributed by atoms with Crippen LogP contribution in [-0.2, 0) is 11.0 Å². The molecule has 0 radical (unpaired) electrons. The van der Waals surface area contributed by atoms with Crippen molar-refractivity contribution >= 4 is 11.7 Å². The molecule has 3 heterocycles. The van der Waals surface area contributed by atoms with Gasteiger partial charge in [-0.3, -0.25) is 9.69 Å². The summed E-state index contributed by atoms with van der Waals surface area (Å²) >= 11 is 0. The number of rotatable bonds is 3. The van der Waals surface area contributed by atoms with E-state index in [-0.39, 0.29) is 23.8 Å². The van der Waals surface area contributed by atoms with Crippen molar-refractivity contribution in [1.29, 1.82) is 0 Å². The largest absolute Gasteiger partial charge is 0.433 e. The van der Waals surface area contributed by atoms with Crippen molar-refractivity contribution in [1.82, 2.24) is 20.2 Å². The number of carbonyl (C=O) groups is 1. The molecule has 1 amide bonds. The van der Waals surface area contributed by atoms with E-state index in [4.69, 9.17) is 0 Å². The maximum absolute atomic E-state index is 12.7. The lowest BCUT2D eigenvalue weighted by molar-refractivity contribution is -0.141. The van der Waals surface area contributed by atoms with Crippen molar-refractivity contribution < 1.29 is 18.0 Å². The smallest absolute Gasteiger partial charge is 0.367 e. The molecular formula is C15H20F3N5O. The summed E-state index contributed by atoms with van der Waals surface area (Å²) in [4.78, 5) is 21.2. The first kappa shape index (κ1) is 16.9. The van der Waals surface area contributed by atoms with Crippen molar-refractivity contribution in [3.63, 3.8) is 0 Å². The number of nitrogens with zero attached hydrogens (tertiary/aromatic N) is 3. The molecule has 1 aromatic rings. The van der Waals surface area contributed by atoms with E-state index < -0.39 is 11.9 Å². The molecule has 6 nitrogen and oxygen atoms in total. The molecular weight excluding hydrogens is 323 g/mol. The van der Waals surface area contributed by atoms with Crippen LogP contribution in [-0.4, -0.2) is 52.5 Å². The summed E-state index contributed by atoms with van der Waals surface area (Å²) in [5.74, 6) is 0.268. The van der Waals surface area contributed by atoms with Crippen LogP contribution in [0.15, 0.2) is 12.4 Å². The Balaban J connectivity index is 1.55. The van der Waals surface area contributed by atoms with E-state index in [1.165, 1.54) is 0 Å². The van der Waals surface area contributed by atoms with E-state index in [1.807, 2.05) is 0 Å². The third kappa shape index (κ3) is 3.95. The van der Waals surface area contributed by atoms with Gasteiger partial charge in [-0.15, -0.1) is 0 Å². The molecule has 1 atom stereocenters. The fraction of sp³-hybridized carbons (Fsp3) is 0.667. The number of hydrogen-bond acceptors (Lipinski definition) is 5. The van der Waals surface area contributed by atoms with Crippen molar-refractivity contribution in [3.05, 3.63) is 18.1 Å². The van der Waals surface area contributed by atoms with Gasteiger partial charge in [0.2, 0.25) is 5.91 Å². The number of hydrogen-bond donors (Lipinski definition) is 2. The quantitative estimate of drug-likeness (QED) is 0.873. The molecule has 2 saturated heterocycles. The molecule has 0 aliphatic carbocycles. The summed E-state index contributed by atoms with van der Waals surface area (Å²) in [6.07, 6.45) is -0.186. The Hall–Kier alpha value is -1.90. The van der Waals surface area contributed by atoms with Gasteiger partial charge in [-0.1, -0.05) is 0 Å². The van der Waals surface area contributed by atoms with Crippen molar-refractivity contribution in [2.24, 2.45) is 0 Å². The molecule has 2 N–H and O–H groups in total. The Morgan fingerprint density at radius 2 is 1.96 bits per heavy atom. The van der Waals surface area contributed by atoms with Crippen molar-refractivity contribution in [3.8, 4) is 0 Å². The Labute approximate surface area is 137 Å². The molecule has 2 fully saturated rings. The summed E-state index contributed by atoms with van der Waals surface area (Å²) in [5.41, 5.74) is -0.948. The lowest BCUT2D eigenvalue weighted by Crippen LogP contribution is -2.53. The summed E-state index contributed by atoms with van der Waals surface area (Å²) < 4.78 is 38.0. The van der Waals surface area contributed by atoms with E-state index in [1.54, 1.807) is 0 Å². The number of anilines is 1. The minimum atomic E-state index is -4.48. The second kappa shape index (κ2) is 6.92. The van der Waals surface area contributed by atoms with Crippen LogP contribution in [0.2, 0.25) is 0 Å². The third-order valence-corrected chi connectivity index (χ3v) is 4.54. The van der Waals surface area contributed by atoms with Gasteiger partial charge in [-0.25, -0.2) is 9.97 Å². The predicted molar refractivity (Wildman–Crippen MR) is 81.3 cm³/mol. The van der Waals surface area contributed by atoms with E-state index in [9.17, 15) is 18.0 Å². The van der Waals surface area contributed by atoms with Gasteiger partial charge in [-0.2, -0.15) is 13.2 Å². The number of alkyl halides is 3. The van der Waals surface area contributed by atoms with Crippen LogP contribution in [0.25, 0.3) is 0 Å². The lowest BCUT2D eigenvalue weighted by Gasteiger charge is -2.38. The molecule has 0 aromatic carbocycles. The number of halogens is 3. The van der Waals surface area contributed by atoms with Crippen LogP contribution in [0.5, 0.6) is 0 Å². The second-order valence-corrected chi connectivity index (χ2v) is 6.19. The SMILES string of the molecule is O=C1NCCCC1N1CCC(Nc2cc(C(F)(F)F)ncn2)CC1. The highest BCUT2D eigenvalue weighted by Gasteiger charge is 2.34. The van der Waals surface area contributed by atoms with E-state index in [2.05, 4.69) is 25.5 Å². The zero-order chi connectivity index (χ0) is 17.2. The van der Waals surface area contributed by atoms with Gasteiger partial charge in [0.05, 0.1) is 6.04 Å². The van der Waals surface area contributed by atoms with Crippen LogP contribution in [0.3, 0.4) is 0 Å².